The minimum atomic E-state index is -0.215. The predicted molar refractivity (Wildman–Crippen MR) is 131 cm³/mol. The highest BCUT2D eigenvalue weighted by Gasteiger charge is 2.30. The second-order valence-corrected chi connectivity index (χ2v) is 8.27. The lowest BCUT2D eigenvalue weighted by atomic mass is 9.90. The van der Waals surface area contributed by atoms with Crippen molar-refractivity contribution in [3.63, 3.8) is 0 Å². The van der Waals surface area contributed by atoms with Gasteiger partial charge in [-0.25, -0.2) is 9.59 Å². The van der Waals surface area contributed by atoms with Crippen molar-refractivity contribution >= 4 is 23.4 Å². The Morgan fingerprint density at radius 1 is 0.697 bits per heavy atom. The van der Waals surface area contributed by atoms with Gasteiger partial charge in [0.15, 0.2) is 0 Å². The van der Waals surface area contributed by atoms with Crippen LogP contribution in [0.1, 0.15) is 31.2 Å². The highest BCUT2D eigenvalue weighted by molar-refractivity contribution is 5.99. The standard InChI is InChI=1S/C27H30N4O2/c32-26(28-20-21-12-4-1-5-13-21)29-24-18-10-11-19-25(24)30-27(33)31(22-14-6-2-7-15-22)23-16-8-3-9-17-23/h1-9,12-17,24-25H,10-11,18-20H2,(H,30,33)(H2,28,29,32). The van der Waals surface area contributed by atoms with E-state index in [1.165, 1.54) is 0 Å². The Kier molecular flexibility index (Phi) is 7.59. The fourth-order valence-corrected chi connectivity index (χ4v) is 4.23. The third-order valence-electron chi connectivity index (χ3n) is 5.92. The molecule has 1 saturated carbocycles. The molecule has 1 aliphatic carbocycles. The molecule has 0 saturated heterocycles. The van der Waals surface area contributed by atoms with E-state index in [0.29, 0.717) is 6.54 Å². The minimum Gasteiger partial charge on any atom is -0.334 e. The quantitative estimate of drug-likeness (QED) is 0.482. The normalized spacial score (nSPS) is 17.6. The van der Waals surface area contributed by atoms with Gasteiger partial charge < -0.3 is 16.0 Å². The van der Waals surface area contributed by atoms with Crippen LogP contribution in [0.3, 0.4) is 0 Å². The van der Waals surface area contributed by atoms with Crippen LogP contribution in [0.15, 0.2) is 91.0 Å². The molecule has 0 radical (unpaired) electrons. The molecule has 6 nitrogen and oxygen atoms in total. The largest absolute Gasteiger partial charge is 0.334 e. The van der Waals surface area contributed by atoms with Crippen molar-refractivity contribution in [2.75, 3.05) is 4.90 Å². The van der Waals surface area contributed by atoms with Crippen LogP contribution in [-0.2, 0) is 6.54 Å². The number of carbonyl (C=O) groups is 2. The summed E-state index contributed by atoms with van der Waals surface area (Å²) in [4.78, 5) is 27.7. The molecule has 1 aliphatic rings. The number of para-hydroxylation sites is 2. The van der Waals surface area contributed by atoms with E-state index in [2.05, 4.69) is 16.0 Å². The van der Waals surface area contributed by atoms with Crippen molar-refractivity contribution in [3.8, 4) is 0 Å². The number of urea groups is 2. The number of amides is 4. The number of carbonyl (C=O) groups excluding carboxylic acids is 2. The molecule has 4 rings (SSSR count). The Hall–Kier alpha value is -3.80. The average Bonchev–Trinajstić information content (AvgIpc) is 2.86. The smallest absolute Gasteiger partial charge is 0.326 e. The van der Waals surface area contributed by atoms with Gasteiger partial charge in [0.1, 0.15) is 0 Å². The molecule has 1 fully saturated rings. The van der Waals surface area contributed by atoms with Crippen molar-refractivity contribution in [3.05, 3.63) is 96.6 Å². The summed E-state index contributed by atoms with van der Waals surface area (Å²) in [7, 11) is 0. The van der Waals surface area contributed by atoms with Gasteiger partial charge in [0, 0.05) is 6.54 Å². The van der Waals surface area contributed by atoms with Gasteiger partial charge in [-0.2, -0.15) is 0 Å². The summed E-state index contributed by atoms with van der Waals surface area (Å²) in [5.74, 6) is 0. The van der Waals surface area contributed by atoms with E-state index in [-0.39, 0.29) is 24.1 Å². The number of hydrogen-bond donors (Lipinski definition) is 3. The Morgan fingerprint density at radius 3 is 1.73 bits per heavy atom. The van der Waals surface area contributed by atoms with Gasteiger partial charge in [-0.3, -0.25) is 4.90 Å². The molecule has 6 heteroatoms. The van der Waals surface area contributed by atoms with Crippen LogP contribution in [0, 0.1) is 0 Å². The highest BCUT2D eigenvalue weighted by atomic mass is 16.2. The molecular weight excluding hydrogens is 412 g/mol. The van der Waals surface area contributed by atoms with Gasteiger partial charge in [-0.15, -0.1) is 0 Å². The van der Waals surface area contributed by atoms with E-state index < -0.39 is 0 Å². The molecule has 33 heavy (non-hydrogen) atoms. The zero-order valence-electron chi connectivity index (χ0n) is 18.6. The Bertz CT molecular complexity index is 988. The van der Waals surface area contributed by atoms with Crippen molar-refractivity contribution < 1.29 is 9.59 Å². The lowest BCUT2D eigenvalue weighted by molar-refractivity contribution is 0.217. The number of nitrogens with zero attached hydrogens (tertiary/aromatic N) is 1. The summed E-state index contributed by atoms with van der Waals surface area (Å²) in [5.41, 5.74) is 2.63. The Labute approximate surface area is 195 Å². The summed E-state index contributed by atoms with van der Waals surface area (Å²) in [6.45, 7) is 0.464. The zero-order valence-corrected chi connectivity index (χ0v) is 18.6. The SMILES string of the molecule is O=C(NCc1ccccc1)NC1CCCCC1NC(=O)N(c1ccccc1)c1ccccc1. The zero-order chi connectivity index (χ0) is 22.9. The van der Waals surface area contributed by atoms with Gasteiger partial charge in [-0.1, -0.05) is 79.6 Å². The summed E-state index contributed by atoms with van der Waals surface area (Å²) in [6.07, 6.45) is 3.70. The molecule has 0 heterocycles. The number of nitrogens with one attached hydrogen (secondary N) is 3. The molecule has 2 atom stereocenters. The molecule has 3 N–H and O–H groups in total. The highest BCUT2D eigenvalue weighted by Crippen LogP contribution is 2.26. The first-order valence-electron chi connectivity index (χ1n) is 11.5. The molecule has 4 amide bonds. The van der Waals surface area contributed by atoms with E-state index in [4.69, 9.17) is 0 Å². The first-order chi connectivity index (χ1) is 16.2. The Morgan fingerprint density at radius 2 is 1.18 bits per heavy atom. The van der Waals surface area contributed by atoms with Crippen LogP contribution in [0.4, 0.5) is 21.0 Å². The molecule has 2 unspecified atom stereocenters. The number of hydrogen-bond acceptors (Lipinski definition) is 2. The van der Waals surface area contributed by atoms with Crippen molar-refractivity contribution in [1.82, 2.24) is 16.0 Å². The predicted octanol–water partition coefficient (Wildman–Crippen LogP) is 5.34. The summed E-state index contributed by atoms with van der Waals surface area (Å²) < 4.78 is 0. The molecule has 3 aromatic carbocycles. The fraction of sp³-hybridized carbons (Fsp3) is 0.259. The van der Waals surface area contributed by atoms with Crippen molar-refractivity contribution in [2.24, 2.45) is 0 Å². The molecule has 3 aromatic rings. The van der Waals surface area contributed by atoms with Crippen molar-refractivity contribution in [2.45, 2.75) is 44.3 Å². The van der Waals surface area contributed by atoms with Gasteiger partial charge in [-0.05, 0) is 42.7 Å². The third-order valence-corrected chi connectivity index (χ3v) is 5.92. The van der Waals surface area contributed by atoms with Crippen LogP contribution < -0.4 is 20.9 Å². The molecule has 0 bridgehead atoms. The van der Waals surface area contributed by atoms with Crippen LogP contribution in [0.25, 0.3) is 0 Å². The number of anilines is 2. The van der Waals surface area contributed by atoms with E-state index in [0.717, 1.165) is 42.6 Å². The Balaban J connectivity index is 1.42. The summed E-state index contributed by atoms with van der Waals surface area (Å²) in [6, 6.07) is 28.3. The number of rotatable bonds is 6. The maximum atomic E-state index is 13.4. The average molecular weight is 443 g/mol. The second-order valence-electron chi connectivity index (χ2n) is 8.27. The fourth-order valence-electron chi connectivity index (χ4n) is 4.23. The molecule has 0 aliphatic heterocycles. The van der Waals surface area contributed by atoms with Gasteiger partial charge in [0.25, 0.3) is 0 Å². The van der Waals surface area contributed by atoms with Crippen LogP contribution in [0.2, 0.25) is 0 Å². The monoisotopic (exact) mass is 442 g/mol. The summed E-state index contributed by atoms with van der Waals surface area (Å²) in [5, 5.41) is 9.19. The maximum absolute atomic E-state index is 13.4. The van der Waals surface area contributed by atoms with Crippen LogP contribution >= 0.6 is 0 Å². The first-order valence-corrected chi connectivity index (χ1v) is 11.5. The van der Waals surface area contributed by atoms with E-state index in [9.17, 15) is 9.59 Å². The van der Waals surface area contributed by atoms with Gasteiger partial charge in [0.2, 0.25) is 0 Å². The van der Waals surface area contributed by atoms with E-state index >= 15 is 0 Å². The third kappa shape index (κ3) is 6.13. The van der Waals surface area contributed by atoms with Gasteiger partial charge in [0.05, 0.1) is 23.5 Å². The number of benzene rings is 3. The molecule has 0 spiro atoms. The lowest BCUT2D eigenvalue weighted by Gasteiger charge is -2.34. The van der Waals surface area contributed by atoms with Gasteiger partial charge >= 0.3 is 12.1 Å². The maximum Gasteiger partial charge on any atom is 0.326 e. The van der Waals surface area contributed by atoms with Crippen molar-refractivity contribution in [1.29, 1.82) is 0 Å². The lowest BCUT2D eigenvalue weighted by Crippen LogP contribution is -2.56. The molecular formula is C27H30N4O2. The summed E-state index contributed by atoms with van der Waals surface area (Å²) >= 11 is 0. The topological polar surface area (TPSA) is 73.5 Å². The molecule has 0 aromatic heterocycles. The second kappa shape index (κ2) is 11.2. The molecule has 170 valence electrons. The van der Waals surface area contributed by atoms with E-state index in [1.54, 1.807) is 4.90 Å². The minimum absolute atomic E-state index is 0.119. The first kappa shape index (κ1) is 22.4. The van der Waals surface area contributed by atoms with Crippen LogP contribution in [0.5, 0.6) is 0 Å². The van der Waals surface area contributed by atoms with E-state index in [1.807, 2.05) is 91.0 Å². The van der Waals surface area contributed by atoms with Crippen LogP contribution in [-0.4, -0.2) is 24.1 Å².